The van der Waals surface area contributed by atoms with E-state index in [0.717, 1.165) is 12.3 Å². The maximum absolute atomic E-state index is 12.2. The lowest BCUT2D eigenvalue weighted by atomic mass is 10.3. The van der Waals surface area contributed by atoms with Gasteiger partial charge in [0.2, 0.25) is 0 Å². The van der Waals surface area contributed by atoms with Crippen LogP contribution in [0.15, 0.2) is 42.6 Å². The van der Waals surface area contributed by atoms with Crippen LogP contribution in [0.5, 0.6) is 17.2 Å². The SMILES string of the molecule is O=C(O)c1ccc(Oc2ccccc2OC(F)(F)F)cn1. The van der Waals surface area contributed by atoms with Gasteiger partial charge in [-0.25, -0.2) is 9.78 Å². The van der Waals surface area contributed by atoms with Crippen LogP contribution in [0.2, 0.25) is 0 Å². The molecule has 5 nitrogen and oxygen atoms in total. The number of carboxylic acid groups (broad SMARTS) is 1. The molecule has 1 heterocycles. The zero-order chi connectivity index (χ0) is 15.5. The second kappa shape index (κ2) is 5.70. The largest absolute Gasteiger partial charge is 0.573 e. The lowest BCUT2D eigenvalue weighted by Crippen LogP contribution is -2.17. The van der Waals surface area contributed by atoms with Gasteiger partial charge in [-0.15, -0.1) is 13.2 Å². The summed E-state index contributed by atoms with van der Waals surface area (Å²) in [4.78, 5) is 14.2. The minimum absolute atomic E-state index is 0.0817. The van der Waals surface area contributed by atoms with Crippen molar-refractivity contribution in [1.82, 2.24) is 4.98 Å². The highest BCUT2D eigenvalue weighted by Gasteiger charge is 2.32. The first-order chi connectivity index (χ1) is 9.85. The maximum Gasteiger partial charge on any atom is 0.573 e. The van der Waals surface area contributed by atoms with Crippen molar-refractivity contribution < 1.29 is 32.5 Å². The number of carboxylic acids is 1. The van der Waals surface area contributed by atoms with Crippen LogP contribution in [0, 0.1) is 0 Å². The summed E-state index contributed by atoms with van der Waals surface area (Å²) in [6, 6.07) is 7.66. The summed E-state index contributed by atoms with van der Waals surface area (Å²) in [7, 11) is 0. The van der Waals surface area contributed by atoms with Gasteiger partial charge in [0, 0.05) is 0 Å². The third-order valence-electron chi connectivity index (χ3n) is 2.26. The van der Waals surface area contributed by atoms with Crippen molar-refractivity contribution in [3.05, 3.63) is 48.3 Å². The summed E-state index contributed by atoms with van der Waals surface area (Å²) >= 11 is 0. The predicted octanol–water partition coefficient (Wildman–Crippen LogP) is 3.47. The summed E-state index contributed by atoms with van der Waals surface area (Å²) in [5.74, 6) is -1.81. The molecule has 0 saturated heterocycles. The first-order valence-electron chi connectivity index (χ1n) is 5.57. The molecule has 0 radical (unpaired) electrons. The van der Waals surface area contributed by atoms with Crippen LogP contribution in [0.25, 0.3) is 0 Å². The molecule has 1 N–H and O–H groups in total. The van der Waals surface area contributed by atoms with E-state index in [9.17, 15) is 18.0 Å². The summed E-state index contributed by atoms with van der Waals surface area (Å²) in [5, 5.41) is 8.69. The Morgan fingerprint density at radius 2 is 1.76 bits per heavy atom. The molecule has 0 aliphatic rings. The molecule has 0 saturated carbocycles. The van der Waals surface area contributed by atoms with Gasteiger partial charge in [0.1, 0.15) is 11.4 Å². The Labute approximate surface area is 116 Å². The molecule has 1 aromatic carbocycles. The smallest absolute Gasteiger partial charge is 0.477 e. The average molecular weight is 299 g/mol. The summed E-state index contributed by atoms with van der Waals surface area (Å²) < 4.78 is 45.8. The molecule has 0 bridgehead atoms. The Hall–Kier alpha value is -2.77. The van der Waals surface area contributed by atoms with Crippen LogP contribution in [-0.2, 0) is 0 Å². The molecule has 110 valence electrons. The number of nitrogens with zero attached hydrogens (tertiary/aromatic N) is 1. The van der Waals surface area contributed by atoms with Crippen molar-refractivity contribution in [2.24, 2.45) is 0 Å². The van der Waals surface area contributed by atoms with E-state index in [1.54, 1.807) is 0 Å². The van der Waals surface area contributed by atoms with Crippen LogP contribution in [0.4, 0.5) is 13.2 Å². The van der Waals surface area contributed by atoms with Crippen LogP contribution in [0.3, 0.4) is 0 Å². The Morgan fingerprint density at radius 3 is 2.29 bits per heavy atom. The van der Waals surface area contributed by atoms with E-state index in [0.29, 0.717) is 0 Å². The first-order valence-corrected chi connectivity index (χ1v) is 5.57. The fraction of sp³-hybridized carbons (Fsp3) is 0.0769. The fourth-order valence-electron chi connectivity index (χ4n) is 1.44. The number of aromatic carboxylic acids is 1. The number of hydrogen-bond acceptors (Lipinski definition) is 4. The molecule has 2 aromatic rings. The van der Waals surface area contributed by atoms with E-state index in [2.05, 4.69) is 9.72 Å². The summed E-state index contributed by atoms with van der Waals surface area (Å²) in [5.41, 5.74) is -0.206. The maximum atomic E-state index is 12.2. The quantitative estimate of drug-likeness (QED) is 0.936. The van der Waals surface area contributed by atoms with Crippen molar-refractivity contribution in [3.8, 4) is 17.2 Å². The molecule has 0 atom stereocenters. The highest BCUT2D eigenvalue weighted by Crippen LogP contribution is 2.34. The Morgan fingerprint density at radius 1 is 1.10 bits per heavy atom. The topological polar surface area (TPSA) is 68.7 Å². The van der Waals surface area contributed by atoms with Crippen LogP contribution < -0.4 is 9.47 Å². The van der Waals surface area contributed by atoms with Crippen LogP contribution >= 0.6 is 0 Å². The number of alkyl halides is 3. The van der Waals surface area contributed by atoms with E-state index in [1.165, 1.54) is 30.3 Å². The number of carbonyl (C=O) groups is 1. The second-order valence-corrected chi connectivity index (χ2v) is 3.78. The van der Waals surface area contributed by atoms with Gasteiger partial charge in [-0.2, -0.15) is 0 Å². The van der Waals surface area contributed by atoms with Gasteiger partial charge in [0.05, 0.1) is 6.20 Å². The zero-order valence-corrected chi connectivity index (χ0v) is 10.3. The number of para-hydroxylation sites is 2. The van der Waals surface area contributed by atoms with Crippen LogP contribution in [0.1, 0.15) is 10.5 Å². The molecule has 0 amide bonds. The van der Waals surface area contributed by atoms with Gasteiger partial charge in [0.25, 0.3) is 0 Å². The molecule has 0 unspecified atom stereocenters. The lowest BCUT2D eigenvalue weighted by molar-refractivity contribution is -0.275. The molecule has 0 aliphatic carbocycles. The molecular weight excluding hydrogens is 291 g/mol. The van der Waals surface area contributed by atoms with Crippen molar-refractivity contribution in [3.63, 3.8) is 0 Å². The predicted molar refractivity (Wildman–Crippen MR) is 64.4 cm³/mol. The molecule has 21 heavy (non-hydrogen) atoms. The zero-order valence-electron chi connectivity index (χ0n) is 10.3. The van der Waals surface area contributed by atoms with Gasteiger partial charge in [-0.3, -0.25) is 0 Å². The highest BCUT2D eigenvalue weighted by molar-refractivity contribution is 5.85. The van der Waals surface area contributed by atoms with E-state index in [4.69, 9.17) is 9.84 Å². The fourth-order valence-corrected chi connectivity index (χ4v) is 1.44. The third-order valence-corrected chi connectivity index (χ3v) is 2.26. The number of pyridine rings is 1. The number of rotatable bonds is 4. The average Bonchev–Trinajstić information content (AvgIpc) is 2.40. The van der Waals surface area contributed by atoms with E-state index >= 15 is 0 Å². The monoisotopic (exact) mass is 299 g/mol. The Balaban J connectivity index is 2.21. The first kappa shape index (κ1) is 14.6. The number of halogens is 3. The summed E-state index contributed by atoms with van der Waals surface area (Å²) in [6.45, 7) is 0. The van der Waals surface area contributed by atoms with Gasteiger partial charge in [0.15, 0.2) is 11.5 Å². The Kier molecular flexibility index (Phi) is 3.97. The van der Waals surface area contributed by atoms with Crippen molar-refractivity contribution in [1.29, 1.82) is 0 Å². The van der Waals surface area contributed by atoms with Gasteiger partial charge >= 0.3 is 12.3 Å². The third kappa shape index (κ3) is 4.10. The van der Waals surface area contributed by atoms with Gasteiger partial charge in [-0.05, 0) is 24.3 Å². The molecule has 8 heteroatoms. The molecule has 0 spiro atoms. The molecule has 1 aromatic heterocycles. The number of benzene rings is 1. The number of hydrogen-bond donors (Lipinski definition) is 1. The van der Waals surface area contributed by atoms with Gasteiger partial charge in [-0.1, -0.05) is 12.1 Å². The normalized spacial score (nSPS) is 11.0. The lowest BCUT2D eigenvalue weighted by Gasteiger charge is -2.13. The highest BCUT2D eigenvalue weighted by atomic mass is 19.4. The minimum atomic E-state index is -4.84. The molecular formula is C13H8F3NO4. The van der Waals surface area contributed by atoms with Crippen molar-refractivity contribution in [2.75, 3.05) is 0 Å². The molecule has 2 rings (SSSR count). The summed E-state index contributed by atoms with van der Waals surface area (Å²) in [6.07, 6.45) is -3.75. The number of aromatic nitrogens is 1. The van der Waals surface area contributed by atoms with Gasteiger partial charge < -0.3 is 14.6 Å². The van der Waals surface area contributed by atoms with Crippen molar-refractivity contribution in [2.45, 2.75) is 6.36 Å². The standard InChI is InChI=1S/C13H8F3NO4/c14-13(15,16)21-11-4-2-1-3-10(11)20-8-5-6-9(12(18)19)17-7-8/h1-7H,(H,18,19). The minimum Gasteiger partial charge on any atom is -0.477 e. The number of ether oxygens (including phenoxy) is 2. The Bertz CT molecular complexity index is 641. The molecule has 0 aliphatic heterocycles. The van der Waals surface area contributed by atoms with E-state index in [1.807, 2.05) is 0 Å². The second-order valence-electron chi connectivity index (χ2n) is 3.78. The van der Waals surface area contributed by atoms with E-state index in [-0.39, 0.29) is 17.2 Å². The van der Waals surface area contributed by atoms with Crippen LogP contribution in [-0.4, -0.2) is 22.4 Å². The molecule has 0 fully saturated rings. The van der Waals surface area contributed by atoms with Crippen molar-refractivity contribution >= 4 is 5.97 Å². The van der Waals surface area contributed by atoms with E-state index < -0.39 is 18.1 Å².